The van der Waals surface area contributed by atoms with Gasteiger partial charge >= 0.3 is 12.3 Å². The van der Waals surface area contributed by atoms with Crippen LogP contribution < -0.4 is 0 Å². The number of carbonyl (C=O) groups is 1. The maximum Gasteiger partial charge on any atom is 0.416 e. The van der Waals surface area contributed by atoms with Gasteiger partial charge in [-0.3, -0.25) is 0 Å². The molecule has 0 aliphatic carbocycles. The van der Waals surface area contributed by atoms with Gasteiger partial charge in [-0.15, -0.1) is 0 Å². The highest BCUT2D eigenvalue weighted by molar-refractivity contribution is 5.74. The maximum absolute atomic E-state index is 13.6. The van der Waals surface area contributed by atoms with Crippen LogP contribution in [0.1, 0.15) is 65.7 Å². The van der Waals surface area contributed by atoms with E-state index in [9.17, 15) is 18.0 Å². The van der Waals surface area contributed by atoms with E-state index in [1.54, 1.807) is 0 Å². The first-order valence-corrected chi connectivity index (χ1v) is 11.9. The number of amides is 1. The summed E-state index contributed by atoms with van der Waals surface area (Å²) in [5.74, 6) is 0.280. The molecule has 1 heterocycles. The minimum Gasteiger partial charge on any atom is -0.441 e. The van der Waals surface area contributed by atoms with E-state index in [1.807, 2.05) is 56.3 Å². The summed E-state index contributed by atoms with van der Waals surface area (Å²) in [6.45, 7) is 8.52. The van der Waals surface area contributed by atoms with Gasteiger partial charge in [-0.2, -0.15) is 13.2 Å². The lowest BCUT2D eigenvalue weighted by Gasteiger charge is -2.33. The minimum absolute atomic E-state index is 0.0456. The summed E-state index contributed by atoms with van der Waals surface area (Å²) in [6.07, 6.45) is -4.76. The van der Waals surface area contributed by atoms with Crippen LogP contribution in [-0.2, 0) is 17.5 Å². The Balaban J connectivity index is 1.67. The van der Waals surface area contributed by atoms with E-state index in [1.165, 1.54) is 11.0 Å². The van der Waals surface area contributed by atoms with Gasteiger partial charge in [0.1, 0.15) is 6.10 Å². The van der Waals surface area contributed by atoms with E-state index in [0.29, 0.717) is 24.1 Å². The lowest BCUT2D eigenvalue weighted by Crippen LogP contribution is -2.38. The predicted octanol–water partition coefficient (Wildman–Crippen LogP) is 8.20. The van der Waals surface area contributed by atoms with Crippen LogP contribution in [0.25, 0.3) is 11.1 Å². The van der Waals surface area contributed by atoms with Gasteiger partial charge in [0, 0.05) is 19.5 Å². The molecule has 3 aromatic rings. The number of benzene rings is 3. The van der Waals surface area contributed by atoms with Crippen LogP contribution in [0.4, 0.5) is 18.0 Å². The van der Waals surface area contributed by atoms with Crippen molar-refractivity contribution in [3.8, 4) is 11.1 Å². The fourth-order valence-corrected chi connectivity index (χ4v) is 4.59. The SMILES string of the molecule is Cc1ccc(C(C)C)cc1-c1ccc(C(F)(F)F)cc1CN1CC[C@@H](c2ccccc2C)OC1=O. The average Bonchev–Trinajstić information content (AvgIpc) is 2.80. The summed E-state index contributed by atoms with van der Waals surface area (Å²) in [5.41, 5.74) is 5.38. The quantitative estimate of drug-likeness (QED) is 0.368. The third-order valence-corrected chi connectivity index (χ3v) is 6.71. The molecule has 6 heteroatoms. The van der Waals surface area contributed by atoms with Crippen molar-refractivity contribution in [3.63, 3.8) is 0 Å². The van der Waals surface area contributed by atoms with Crippen molar-refractivity contribution in [1.82, 2.24) is 4.90 Å². The molecule has 0 unspecified atom stereocenters. The predicted molar refractivity (Wildman–Crippen MR) is 131 cm³/mol. The molecule has 0 N–H and O–H groups in total. The molecule has 1 amide bonds. The zero-order valence-electron chi connectivity index (χ0n) is 20.4. The van der Waals surface area contributed by atoms with Gasteiger partial charge in [0.2, 0.25) is 0 Å². The maximum atomic E-state index is 13.6. The Morgan fingerprint density at radius 3 is 2.37 bits per heavy atom. The van der Waals surface area contributed by atoms with E-state index in [0.717, 1.165) is 39.9 Å². The van der Waals surface area contributed by atoms with Crippen LogP contribution in [0, 0.1) is 13.8 Å². The smallest absolute Gasteiger partial charge is 0.416 e. The first-order valence-electron chi connectivity index (χ1n) is 11.9. The van der Waals surface area contributed by atoms with Crippen molar-refractivity contribution < 1.29 is 22.7 Å². The third kappa shape index (κ3) is 5.37. The fourth-order valence-electron chi connectivity index (χ4n) is 4.59. The van der Waals surface area contributed by atoms with Gasteiger partial charge in [-0.25, -0.2) is 4.79 Å². The number of rotatable bonds is 5. The van der Waals surface area contributed by atoms with E-state index < -0.39 is 17.8 Å². The third-order valence-electron chi connectivity index (χ3n) is 6.71. The normalized spacial score (nSPS) is 16.5. The topological polar surface area (TPSA) is 29.5 Å². The van der Waals surface area contributed by atoms with Crippen molar-refractivity contribution in [1.29, 1.82) is 0 Å². The van der Waals surface area contributed by atoms with Crippen LogP contribution in [0.2, 0.25) is 0 Å². The highest BCUT2D eigenvalue weighted by Crippen LogP contribution is 2.37. The molecule has 184 valence electrons. The van der Waals surface area contributed by atoms with Crippen LogP contribution in [0.5, 0.6) is 0 Å². The number of cyclic esters (lactones) is 1. The van der Waals surface area contributed by atoms with Crippen molar-refractivity contribution in [3.05, 3.63) is 94.0 Å². The molecule has 35 heavy (non-hydrogen) atoms. The molecule has 1 atom stereocenters. The lowest BCUT2D eigenvalue weighted by atomic mass is 9.90. The minimum atomic E-state index is -4.47. The molecular formula is C29H30F3NO2. The molecular weight excluding hydrogens is 451 g/mol. The Morgan fingerprint density at radius 1 is 0.971 bits per heavy atom. The number of ether oxygens (including phenoxy) is 1. The molecule has 1 aliphatic heterocycles. The number of hydrogen-bond donors (Lipinski definition) is 0. The number of aryl methyl sites for hydroxylation is 2. The molecule has 0 radical (unpaired) electrons. The molecule has 3 aromatic carbocycles. The summed E-state index contributed by atoms with van der Waals surface area (Å²) in [7, 11) is 0. The van der Waals surface area contributed by atoms with Crippen LogP contribution in [0.15, 0.2) is 60.7 Å². The molecule has 1 fully saturated rings. The van der Waals surface area contributed by atoms with E-state index in [-0.39, 0.29) is 18.6 Å². The molecule has 0 bridgehead atoms. The molecule has 0 spiro atoms. The molecule has 1 saturated heterocycles. The molecule has 3 nitrogen and oxygen atoms in total. The van der Waals surface area contributed by atoms with Crippen molar-refractivity contribution in [2.45, 2.75) is 58.9 Å². The summed E-state index contributed by atoms with van der Waals surface area (Å²) in [5, 5.41) is 0. The summed E-state index contributed by atoms with van der Waals surface area (Å²) >= 11 is 0. The largest absolute Gasteiger partial charge is 0.441 e. The second kappa shape index (κ2) is 9.76. The van der Waals surface area contributed by atoms with Crippen LogP contribution in [-0.4, -0.2) is 17.5 Å². The second-order valence-corrected chi connectivity index (χ2v) is 9.54. The van der Waals surface area contributed by atoms with Crippen molar-refractivity contribution >= 4 is 6.09 Å². The highest BCUT2D eigenvalue weighted by Gasteiger charge is 2.33. The summed E-state index contributed by atoms with van der Waals surface area (Å²) < 4.78 is 46.5. The van der Waals surface area contributed by atoms with Crippen molar-refractivity contribution in [2.24, 2.45) is 0 Å². The van der Waals surface area contributed by atoms with Gasteiger partial charge in [-0.05, 0) is 70.8 Å². The Morgan fingerprint density at radius 2 is 1.71 bits per heavy atom. The van der Waals surface area contributed by atoms with Gasteiger partial charge in [0.05, 0.1) is 5.56 Å². The number of carbonyl (C=O) groups excluding carboxylic acids is 1. The number of hydrogen-bond acceptors (Lipinski definition) is 2. The van der Waals surface area contributed by atoms with E-state index in [4.69, 9.17) is 4.74 Å². The first-order chi connectivity index (χ1) is 16.5. The van der Waals surface area contributed by atoms with E-state index >= 15 is 0 Å². The molecule has 0 aromatic heterocycles. The Bertz CT molecular complexity index is 1230. The van der Waals surface area contributed by atoms with Crippen LogP contribution >= 0.6 is 0 Å². The number of nitrogens with zero attached hydrogens (tertiary/aromatic N) is 1. The fraction of sp³-hybridized carbons (Fsp3) is 0.345. The Labute approximate surface area is 204 Å². The molecule has 4 rings (SSSR count). The Kier molecular flexibility index (Phi) is 6.93. The monoisotopic (exact) mass is 481 g/mol. The van der Waals surface area contributed by atoms with Gasteiger partial charge in [0.15, 0.2) is 0 Å². The average molecular weight is 482 g/mol. The second-order valence-electron chi connectivity index (χ2n) is 9.54. The zero-order valence-corrected chi connectivity index (χ0v) is 20.4. The zero-order chi connectivity index (χ0) is 25.3. The van der Waals surface area contributed by atoms with Gasteiger partial charge < -0.3 is 9.64 Å². The van der Waals surface area contributed by atoms with Crippen molar-refractivity contribution in [2.75, 3.05) is 6.54 Å². The van der Waals surface area contributed by atoms with Crippen LogP contribution in [0.3, 0.4) is 0 Å². The van der Waals surface area contributed by atoms with Gasteiger partial charge in [0.25, 0.3) is 0 Å². The number of halogens is 3. The molecule has 0 saturated carbocycles. The number of alkyl halides is 3. The standard InChI is InChI=1S/C29H30F3NO2/c1-18(2)21-10-9-20(4)26(16-21)25-12-11-23(29(30,31)32)15-22(25)17-33-14-13-27(35-28(33)34)24-8-6-5-7-19(24)3/h5-12,15-16,18,27H,13-14,17H2,1-4H3/t27-/m0/s1. The lowest BCUT2D eigenvalue weighted by molar-refractivity contribution is -0.137. The Hall–Kier alpha value is -3.28. The highest BCUT2D eigenvalue weighted by atomic mass is 19.4. The van der Waals surface area contributed by atoms with Gasteiger partial charge in [-0.1, -0.05) is 62.4 Å². The summed E-state index contributed by atoms with van der Waals surface area (Å²) in [6, 6.07) is 17.6. The molecule has 1 aliphatic rings. The summed E-state index contributed by atoms with van der Waals surface area (Å²) in [4.78, 5) is 14.4. The van der Waals surface area contributed by atoms with E-state index in [2.05, 4.69) is 13.8 Å². The first kappa shape index (κ1) is 24.8.